The number of hydrogen-bond donors (Lipinski definition) is 1. The van der Waals surface area contributed by atoms with Crippen LogP contribution in [0.1, 0.15) is 44.3 Å². The van der Waals surface area contributed by atoms with Crippen LogP contribution < -0.4 is 5.32 Å². The fourth-order valence-electron chi connectivity index (χ4n) is 3.16. The van der Waals surface area contributed by atoms with Crippen LogP contribution in [0.5, 0.6) is 0 Å². The number of amides is 1. The van der Waals surface area contributed by atoms with E-state index in [1.54, 1.807) is 0 Å². The monoisotopic (exact) mass is 343 g/mol. The maximum atomic E-state index is 12.6. The summed E-state index contributed by atoms with van der Waals surface area (Å²) in [6, 6.07) is 6.06. The Bertz CT molecular complexity index is 732. The van der Waals surface area contributed by atoms with Crippen molar-refractivity contribution in [3.8, 4) is 0 Å². The lowest BCUT2D eigenvalue weighted by Crippen LogP contribution is -2.21. The number of nitrogens with one attached hydrogen (secondary N) is 1. The minimum absolute atomic E-state index is 0.0515. The van der Waals surface area contributed by atoms with Crippen LogP contribution in [-0.4, -0.2) is 35.4 Å². The molecule has 128 valence electrons. The number of rotatable bonds is 5. The van der Waals surface area contributed by atoms with Gasteiger partial charge >= 0.3 is 0 Å². The van der Waals surface area contributed by atoms with E-state index < -0.39 is 0 Å². The van der Waals surface area contributed by atoms with Gasteiger partial charge in [0.25, 0.3) is 5.91 Å². The summed E-state index contributed by atoms with van der Waals surface area (Å²) in [7, 11) is 0. The topological polar surface area (TPSA) is 45.2 Å². The zero-order valence-electron chi connectivity index (χ0n) is 14.7. The van der Waals surface area contributed by atoms with Gasteiger partial charge in [-0.1, -0.05) is 17.7 Å². The van der Waals surface area contributed by atoms with Crippen molar-refractivity contribution in [3.63, 3.8) is 0 Å². The number of benzene rings is 1. The van der Waals surface area contributed by atoms with Crippen LogP contribution in [-0.2, 0) is 6.42 Å². The number of carbonyl (C=O) groups is 1. The molecule has 5 heteroatoms. The van der Waals surface area contributed by atoms with Crippen molar-refractivity contribution in [2.45, 2.75) is 40.0 Å². The molecule has 1 aromatic carbocycles. The highest BCUT2D eigenvalue weighted by atomic mass is 32.1. The molecular weight excluding hydrogens is 318 g/mol. The summed E-state index contributed by atoms with van der Waals surface area (Å²) in [5.41, 5.74) is 3.99. The van der Waals surface area contributed by atoms with Crippen LogP contribution in [0.25, 0.3) is 0 Å². The number of hydrogen-bond acceptors (Lipinski definition) is 4. The Morgan fingerprint density at radius 3 is 2.71 bits per heavy atom. The second kappa shape index (κ2) is 7.45. The first-order chi connectivity index (χ1) is 11.5. The smallest absolute Gasteiger partial charge is 0.267 e. The van der Waals surface area contributed by atoms with Gasteiger partial charge in [0.05, 0.1) is 10.7 Å². The lowest BCUT2D eigenvalue weighted by atomic mass is 10.1. The highest BCUT2D eigenvalue weighted by Gasteiger charge is 2.17. The summed E-state index contributed by atoms with van der Waals surface area (Å²) in [6.07, 6.45) is 3.54. The first kappa shape index (κ1) is 17.1. The molecule has 0 spiro atoms. The maximum absolute atomic E-state index is 12.6. The van der Waals surface area contributed by atoms with Crippen molar-refractivity contribution in [2.75, 3.05) is 25.0 Å². The Morgan fingerprint density at radius 1 is 1.25 bits per heavy atom. The van der Waals surface area contributed by atoms with Gasteiger partial charge in [0.2, 0.25) is 0 Å². The van der Waals surface area contributed by atoms with Gasteiger partial charge in [-0.05, 0) is 58.3 Å². The predicted molar refractivity (Wildman–Crippen MR) is 100 cm³/mol. The van der Waals surface area contributed by atoms with Crippen LogP contribution >= 0.6 is 11.3 Å². The van der Waals surface area contributed by atoms with E-state index in [0.717, 1.165) is 39.8 Å². The quantitative estimate of drug-likeness (QED) is 0.894. The average molecular weight is 343 g/mol. The maximum Gasteiger partial charge on any atom is 0.267 e. The van der Waals surface area contributed by atoms with Crippen molar-refractivity contribution in [1.82, 2.24) is 9.88 Å². The van der Waals surface area contributed by atoms with E-state index in [1.165, 1.54) is 42.8 Å². The molecule has 1 aliphatic heterocycles. The Kier molecular flexibility index (Phi) is 5.31. The molecule has 3 rings (SSSR count). The van der Waals surface area contributed by atoms with Crippen molar-refractivity contribution in [2.24, 2.45) is 0 Å². The first-order valence-corrected chi connectivity index (χ1v) is 9.42. The summed E-state index contributed by atoms with van der Waals surface area (Å²) < 4.78 is 0. The third-order valence-corrected chi connectivity index (χ3v) is 5.73. The minimum atomic E-state index is -0.0515. The molecule has 1 amide bonds. The molecule has 4 nitrogen and oxygen atoms in total. The summed E-state index contributed by atoms with van der Waals surface area (Å²) in [6.45, 7) is 9.44. The summed E-state index contributed by atoms with van der Waals surface area (Å²) in [4.78, 5) is 20.4. The molecule has 0 atom stereocenters. The van der Waals surface area contributed by atoms with Crippen LogP contribution in [0.15, 0.2) is 18.2 Å². The largest absolute Gasteiger partial charge is 0.321 e. The predicted octanol–water partition coefficient (Wildman–Crippen LogP) is 3.96. The van der Waals surface area contributed by atoms with Crippen LogP contribution in [0.4, 0.5) is 5.69 Å². The molecule has 0 unspecified atom stereocenters. The van der Waals surface area contributed by atoms with Gasteiger partial charge in [-0.2, -0.15) is 0 Å². The molecule has 0 aliphatic carbocycles. The van der Waals surface area contributed by atoms with E-state index in [-0.39, 0.29) is 5.91 Å². The zero-order valence-corrected chi connectivity index (χ0v) is 15.5. The van der Waals surface area contributed by atoms with Crippen LogP contribution in [0, 0.1) is 20.8 Å². The molecule has 0 radical (unpaired) electrons. The van der Waals surface area contributed by atoms with Crippen molar-refractivity contribution < 1.29 is 4.79 Å². The normalized spacial score (nSPS) is 15.0. The Balaban J connectivity index is 1.66. The summed E-state index contributed by atoms with van der Waals surface area (Å²) >= 11 is 1.53. The third kappa shape index (κ3) is 4.02. The van der Waals surface area contributed by atoms with E-state index in [1.807, 2.05) is 26.0 Å². The molecule has 1 N–H and O–H groups in total. The third-order valence-electron chi connectivity index (χ3n) is 4.52. The highest BCUT2D eigenvalue weighted by Crippen LogP contribution is 2.23. The molecule has 24 heavy (non-hydrogen) atoms. The number of aryl methyl sites for hydroxylation is 3. The number of aromatic nitrogens is 1. The fourth-order valence-corrected chi connectivity index (χ4v) is 4.11. The average Bonchev–Trinajstić information content (AvgIpc) is 3.17. The standard InChI is InChI=1S/C19H25N3OS/c1-13-6-7-16(14(2)12-13)21-19(23)18-15(3)20-17(24-18)8-11-22-9-4-5-10-22/h6-7,12H,4-5,8-11H2,1-3H3,(H,21,23). The van der Waals surface area contributed by atoms with Gasteiger partial charge in [0.1, 0.15) is 4.88 Å². The van der Waals surface area contributed by atoms with Gasteiger partial charge < -0.3 is 10.2 Å². The summed E-state index contributed by atoms with van der Waals surface area (Å²) in [5.74, 6) is -0.0515. The fraction of sp³-hybridized carbons (Fsp3) is 0.474. The molecule has 1 saturated heterocycles. The number of thiazole rings is 1. The van der Waals surface area contributed by atoms with E-state index >= 15 is 0 Å². The number of anilines is 1. The Labute approximate surface area is 147 Å². The lowest BCUT2D eigenvalue weighted by molar-refractivity contribution is 0.102. The molecule has 2 heterocycles. The van der Waals surface area contributed by atoms with E-state index in [9.17, 15) is 4.79 Å². The molecule has 1 aliphatic rings. The van der Waals surface area contributed by atoms with E-state index in [2.05, 4.69) is 28.2 Å². The van der Waals surface area contributed by atoms with Gasteiger partial charge in [0, 0.05) is 18.7 Å². The van der Waals surface area contributed by atoms with Crippen LogP contribution in [0.3, 0.4) is 0 Å². The van der Waals surface area contributed by atoms with Crippen molar-refractivity contribution in [3.05, 3.63) is 44.9 Å². The molecular formula is C19H25N3OS. The molecule has 1 fully saturated rings. The van der Waals surface area contributed by atoms with E-state index in [4.69, 9.17) is 0 Å². The zero-order chi connectivity index (χ0) is 17.1. The number of likely N-dealkylation sites (tertiary alicyclic amines) is 1. The Hall–Kier alpha value is -1.72. The molecule has 1 aromatic heterocycles. The van der Waals surface area contributed by atoms with Gasteiger partial charge in [-0.3, -0.25) is 4.79 Å². The van der Waals surface area contributed by atoms with Gasteiger partial charge in [-0.15, -0.1) is 11.3 Å². The molecule has 0 saturated carbocycles. The molecule has 0 bridgehead atoms. The number of nitrogens with zero attached hydrogens (tertiary/aromatic N) is 2. The Morgan fingerprint density at radius 2 is 2.00 bits per heavy atom. The second-order valence-electron chi connectivity index (χ2n) is 6.59. The van der Waals surface area contributed by atoms with Crippen molar-refractivity contribution >= 4 is 22.9 Å². The van der Waals surface area contributed by atoms with Crippen LogP contribution in [0.2, 0.25) is 0 Å². The summed E-state index contributed by atoms with van der Waals surface area (Å²) in [5, 5.41) is 4.09. The SMILES string of the molecule is Cc1ccc(NC(=O)c2sc(CCN3CCCC3)nc2C)c(C)c1. The first-order valence-electron chi connectivity index (χ1n) is 8.60. The lowest BCUT2D eigenvalue weighted by Gasteiger charge is -2.12. The highest BCUT2D eigenvalue weighted by molar-refractivity contribution is 7.13. The van der Waals surface area contributed by atoms with Gasteiger partial charge in [0.15, 0.2) is 0 Å². The van der Waals surface area contributed by atoms with Crippen molar-refractivity contribution in [1.29, 1.82) is 0 Å². The van der Waals surface area contributed by atoms with E-state index in [0.29, 0.717) is 0 Å². The molecule has 2 aromatic rings. The minimum Gasteiger partial charge on any atom is -0.321 e. The van der Waals surface area contributed by atoms with Gasteiger partial charge in [-0.25, -0.2) is 4.98 Å². The number of carbonyl (C=O) groups excluding carboxylic acids is 1. The second-order valence-corrected chi connectivity index (χ2v) is 7.68.